The molecule has 0 atom stereocenters. The van der Waals surface area contributed by atoms with Crippen molar-refractivity contribution in [3.05, 3.63) is 99.0 Å². The lowest BCUT2D eigenvalue weighted by Gasteiger charge is -2.11. The number of amides is 1. The maximum Gasteiger partial charge on any atom is 0.266 e. The number of halogens is 2. The number of ether oxygens (including phenoxy) is 1. The van der Waals surface area contributed by atoms with Crippen molar-refractivity contribution in [2.75, 3.05) is 5.32 Å². The van der Waals surface area contributed by atoms with Gasteiger partial charge in [0, 0.05) is 5.69 Å². The van der Waals surface area contributed by atoms with Gasteiger partial charge in [0.2, 0.25) is 0 Å². The van der Waals surface area contributed by atoms with Crippen LogP contribution in [0.1, 0.15) is 23.6 Å². The Labute approximate surface area is 191 Å². The highest BCUT2D eigenvalue weighted by Gasteiger charge is 2.13. The lowest BCUT2D eigenvalue weighted by Crippen LogP contribution is -2.13. The smallest absolute Gasteiger partial charge is 0.266 e. The van der Waals surface area contributed by atoms with Gasteiger partial charge in [-0.15, -0.1) is 0 Å². The summed E-state index contributed by atoms with van der Waals surface area (Å²) < 4.78 is 5.76. The molecule has 0 fully saturated rings. The van der Waals surface area contributed by atoms with Crippen molar-refractivity contribution >= 4 is 40.9 Å². The summed E-state index contributed by atoms with van der Waals surface area (Å²) >= 11 is 12.7. The van der Waals surface area contributed by atoms with E-state index in [1.165, 1.54) is 6.08 Å². The Morgan fingerprint density at radius 3 is 2.26 bits per heavy atom. The minimum Gasteiger partial charge on any atom is -0.486 e. The number of nitrogens with one attached hydrogen (secondary N) is 1. The highest BCUT2D eigenvalue weighted by atomic mass is 35.5. The summed E-state index contributed by atoms with van der Waals surface area (Å²) in [6.45, 7) is 2.37. The Kier molecular flexibility index (Phi) is 7.72. The van der Waals surface area contributed by atoms with E-state index >= 15 is 0 Å². The molecule has 1 amide bonds. The zero-order valence-corrected chi connectivity index (χ0v) is 18.4. The van der Waals surface area contributed by atoms with E-state index in [0.717, 1.165) is 17.5 Å². The van der Waals surface area contributed by atoms with Gasteiger partial charge in [-0.05, 0) is 53.5 Å². The second-order valence-electron chi connectivity index (χ2n) is 6.76. The maximum atomic E-state index is 12.5. The molecule has 0 aliphatic rings. The van der Waals surface area contributed by atoms with E-state index in [1.807, 2.05) is 48.5 Å². The summed E-state index contributed by atoms with van der Waals surface area (Å²) in [6, 6.07) is 22.2. The molecule has 3 aromatic carbocycles. The van der Waals surface area contributed by atoms with Gasteiger partial charge in [0.25, 0.3) is 5.91 Å². The zero-order chi connectivity index (χ0) is 22.2. The molecule has 0 bridgehead atoms. The lowest BCUT2D eigenvalue weighted by molar-refractivity contribution is -0.112. The average molecular weight is 451 g/mol. The Balaban J connectivity index is 1.75. The van der Waals surface area contributed by atoms with E-state index in [0.29, 0.717) is 33.7 Å². The SMILES string of the molecule is CCc1ccc(NC(=O)/C(C#N)=C/c2cc(Cl)c(OCc3ccccc3)c(Cl)c2)cc1. The van der Waals surface area contributed by atoms with Gasteiger partial charge in [0.15, 0.2) is 5.75 Å². The molecule has 31 heavy (non-hydrogen) atoms. The Morgan fingerprint density at radius 2 is 1.68 bits per heavy atom. The van der Waals surface area contributed by atoms with Gasteiger partial charge in [0.1, 0.15) is 18.2 Å². The summed E-state index contributed by atoms with van der Waals surface area (Å²) in [5.41, 5.74) is 3.21. The molecule has 4 nitrogen and oxygen atoms in total. The molecular weight excluding hydrogens is 431 g/mol. The minimum absolute atomic E-state index is 0.0651. The second-order valence-corrected chi connectivity index (χ2v) is 7.58. The van der Waals surface area contributed by atoms with E-state index < -0.39 is 5.91 Å². The van der Waals surface area contributed by atoms with Crippen LogP contribution in [0.2, 0.25) is 10.0 Å². The first kappa shape index (κ1) is 22.4. The Morgan fingerprint density at radius 1 is 1.03 bits per heavy atom. The fourth-order valence-corrected chi connectivity index (χ4v) is 3.48. The van der Waals surface area contributed by atoms with E-state index in [4.69, 9.17) is 27.9 Å². The van der Waals surface area contributed by atoms with Crippen LogP contribution in [-0.4, -0.2) is 5.91 Å². The zero-order valence-electron chi connectivity index (χ0n) is 16.9. The molecule has 0 radical (unpaired) electrons. The van der Waals surface area contributed by atoms with E-state index in [-0.39, 0.29) is 5.57 Å². The quantitative estimate of drug-likeness (QED) is 0.322. The molecule has 0 saturated heterocycles. The first-order valence-electron chi connectivity index (χ1n) is 9.68. The van der Waals surface area contributed by atoms with Crippen molar-refractivity contribution < 1.29 is 9.53 Å². The highest BCUT2D eigenvalue weighted by Crippen LogP contribution is 2.35. The molecule has 0 saturated carbocycles. The molecule has 3 aromatic rings. The monoisotopic (exact) mass is 450 g/mol. The number of anilines is 1. The third kappa shape index (κ3) is 6.11. The highest BCUT2D eigenvalue weighted by molar-refractivity contribution is 6.37. The van der Waals surface area contributed by atoms with Crippen LogP contribution in [0.25, 0.3) is 6.08 Å². The van der Waals surface area contributed by atoms with Crippen LogP contribution in [0.3, 0.4) is 0 Å². The van der Waals surface area contributed by atoms with Crippen molar-refractivity contribution in [3.63, 3.8) is 0 Å². The van der Waals surface area contributed by atoms with Crippen LogP contribution in [0, 0.1) is 11.3 Å². The fourth-order valence-electron chi connectivity index (χ4n) is 2.87. The number of carbonyl (C=O) groups excluding carboxylic acids is 1. The molecule has 0 aliphatic carbocycles. The van der Waals surface area contributed by atoms with Gasteiger partial charge >= 0.3 is 0 Å². The normalized spacial score (nSPS) is 11.0. The molecule has 0 aromatic heterocycles. The molecule has 0 unspecified atom stereocenters. The number of carbonyl (C=O) groups is 1. The van der Waals surface area contributed by atoms with Crippen molar-refractivity contribution in [1.29, 1.82) is 5.26 Å². The summed E-state index contributed by atoms with van der Waals surface area (Å²) in [4.78, 5) is 12.5. The second kappa shape index (κ2) is 10.7. The van der Waals surface area contributed by atoms with Gasteiger partial charge in [-0.1, -0.05) is 72.6 Å². The molecule has 1 N–H and O–H groups in total. The fraction of sp³-hybridized carbons (Fsp3) is 0.120. The summed E-state index contributed by atoms with van der Waals surface area (Å²) in [7, 11) is 0. The van der Waals surface area contributed by atoms with E-state index in [2.05, 4.69) is 12.2 Å². The Bertz CT molecular complexity index is 1110. The van der Waals surface area contributed by atoms with Crippen LogP contribution >= 0.6 is 23.2 Å². The maximum absolute atomic E-state index is 12.5. The third-order valence-electron chi connectivity index (χ3n) is 4.54. The first-order valence-corrected chi connectivity index (χ1v) is 10.4. The molecule has 3 rings (SSSR count). The number of benzene rings is 3. The molecule has 0 spiro atoms. The number of hydrogen-bond donors (Lipinski definition) is 1. The Hall–Kier alpha value is -3.26. The van der Waals surface area contributed by atoms with Crippen molar-refractivity contribution in [2.24, 2.45) is 0 Å². The summed E-state index contributed by atoms with van der Waals surface area (Å²) in [5, 5.41) is 12.8. The first-order chi connectivity index (χ1) is 15.0. The average Bonchev–Trinajstić information content (AvgIpc) is 2.78. The number of nitriles is 1. The van der Waals surface area contributed by atoms with E-state index in [1.54, 1.807) is 24.3 Å². The largest absolute Gasteiger partial charge is 0.486 e. The van der Waals surface area contributed by atoms with Crippen LogP contribution in [0.15, 0.2) is 72.3 Å². The molecular formula is C25H20Cl2N2O2. The van der Waals surface area contributed by atoms with Gasteiger partial charge in [-0.3, -0.25) is 4.79 Å². The number of aryl methyl sites for hydroxylation is 1. The summed E-state index contributed by atoms with van der Waals surface area (Å²) in [5.74, 6) is -0.160. The molecule has 0 heterocycles. The van der Waals surface area contributed by atoms with Crippen LogP contribution in [0.4, 0.5) is 5.69 Å². The predicted octanol–water partition coefficient (Wildman–Crippen LogP) is 6.68. The van der Waals surface area contributed by atoms with Crippen LogP contribution < -0.4 is 10.1 Å². The molecule has 0 aliphatic heterocycles. The van der Waals surface area contributed by atoms with E-state index in [9.17, 15) is 10.1 Å². The van der Waals surface area contributed by atoms with Gasteiger partial charge in [-0.2, -0.15) is 5.26 Å². The number of rotatable bonds is 7. The topological polar surface area (TPSA) is 62.1 Å². The molecule has 156 valence electrons. The van der Waals surface area contributed by atoms with Gasteiger partial charge < -0.3 is 10.1 Å². The van der Waals surface area contributed by atoms with Crippen LogP contribution in [-0.2, 0) is 17.8 Å². The van der Waals surface area contributed by atoms with Crippen LogP contribution in [0.5, 0.6) is 5.75 Å². The lowest BCUT2D eigenvalue weighted by atomic mass is 10.1. The predicted molar refractivity (Wildman–Crippen MR) is 125 cm³/mol. The summed E-state index contributed by atoms with van der Waals surface area (Å²) in [6.07, 6.45) is 2.35. The van der Waals surface area contributed by atoms with Crippen molar-refractivity contribution in [1.82, 2.24) is 0 Å². The van der Waals surface area contributed by atoms with Crippen molar-refractivity contribution in [3.8, 4) is 11.8 Å². The van der Waals surface area contributed by atoms with Crippen molar-refractivity contribution in [2.45, 2.75) is 20.0 Å². The molecule has 6 heteroatoms. The van der Waals surface area contributed by atoms with Gasteiger partial charge in [-0.25, -0.2) is 0 Å². The third-order valence-corrected chi connectivity index (χ3v) is 5.10. The number of nitrogens with zero attached hydrogens (tertiary/aromatic N) is 1. The number of hydrogen-bond acceptors (Lipinski definition) is 3. The van der Waals surface area contributed by atoms with Gasteiger partial charge in [0.05, 0.1) is 10.0 Å². The minimum atomic E-state index is -0.511. The standard InChI is InChI=1S/C25H20Cl2N2O2/c1-2-17-8-10-21(11-9-17)29-25(30)20(15-28)12-19-13-22(26)24(23(27)14-19)31-16-18-6-4-3-5-7-18/h3-14H,2,16H2,1H3,(H,29,30)/b20-12+.